The lowest BCUT2D eigenvalue weighted by Crippen LogP contribution is -2.36. The summed E-state index contributed by atoms with van der Waals surface area (Å²) in [5.41, 5.74) is 1.42. The van der Waals surface area contributed by atoms with Crippen LogP contribution in [0.4, 0.5) is 4.39 Å². The number of methoxy groups -OCH3 is 2. The highest BCUT2D eigenvalue weighted by Crippen LogP contribution is 2.27. The van der Waals surface area contributed by atoms with E-state index in [-0.39, 0.29) is 24.8 Å². The zero-order chi connectivity index (χ0) is 19.8. The van der Waals surface area contributed by atoms with Crippen LogP contribution < -0.4 is 14.8 Å². The van der Waals surface area contributed by atoms with Crippen molar-refractivity contribution in [3.05, 3.63) is 58.4 Å². The van der Waals surface area contributed by atoms with E-state index in [1.165, 1.54) is 6.07 Å². The summed E-state index contributed by atoms with van der Waals surface area (Å²) in [6.07, 6.45) is 0.662. The van der Waals surface area contributed by atoms with Gasteiger partial charge < -0.3 is 14.8 Å². The minimum Gasteiger partial charge on any atom is -0.493 e. The molecule has 0 radical (unpaired) electrons. The van der Waals surface area contributed by atoms with Crippen molar-refractivity contribution in [2.45, 2.75) is 13.0 Å². The molecule has 27 heavy (non-hydrogen) atoms. The molecule has 0 aliphatic heterocycles. The lowest BCUT2D eigenvalue weighted by atomic mass is 10.1. The second kappa shape index (κ2) is 10.1. The van der Waals surface area contributed by atoms with E-state index < -0.39 is 0 Å². The number of benzene rings is 2. The first kappa shape index (κ1) is 21.0. The van der Waals surface area contributed by atoms with Crippen LogP contribution in [0.5, 0.6) is 11.5 Å². The SMILES string of the molecule is COc1ccc(CCNC(=O)CN(C)Cc2c(F)cccc2Cl)cc1OC. The second-order valence-electron chi connectivity index (χ2n) is 6.16. The number of nitrogens with one attached hydrogen (secondary N) is 1. The Morgan fingerprint density at radius 1 is 1.19 bits per heavy atom. The quantitative estimate of drug-likeness (QED) is 0.709. The minimum absolute atomic E-state index is 0.134. The first-order valence-electron chi connectivity index (χ1n) is 8.53. The van der Waals surface area contributed by atoms with Crippen molar-refractivity contribution in [2.24, 2.45) is 0 Å². The van der Waals surface area contributed by atoms with E-state index in [2.05, 4.69) is 5.32 Å². The third-order valence-electron chi connectivity index (χ3n) is 4.09. The fourth-order valence-corrected chi connectivity index (χ4v) is 2.92. The third-order valence-corrected chi connectivity index (χ3v) is 4.44. The van der Waals surface area contributed by atoms with Crippen LogP contribution in [0.3, 0.4) is 0 Å². The van der Waals surface area contributed by atoms with E-state index in [9.17, 15) is 9.18 Å². The molecule has 0 saturated heterocycles. The number of hydrogen-bond acceptors (Lipinski definition) is 4. The topological polar surface area (TPSA) is 50.8 Å². The van der Waals surface area contributed by atoms with Gasteiger partial charge in [0.2, 0.25) is 5.91 Å². The zero-order valence-electron chi connectivity index (χ0n) is 15.7. The predicted molar refractivity (Wildman–Crippen MR) is 104 cm³/mol. The van der Waals surface area contributed by atoms with Crippen molar-refractivity contribution in [2.75, 3.05) is 34.4 Å². The maximum atomic E-state index is 13.8. The van der Waals surface area contributed by atoms with Gasteiger partial charge in [-0.05, 0) is 43.3 Å². The van der Waals surface area contributed by atoms with Gasteiger partial charge in [0.1, 0.15) is 5.82 Å². The van der Waals surface area contributed by atoms with Crippen LogP contribution in [0.25, 0.3) is 0 Å². The molecule has 0 saturated carbocycles. The minimum atomic E-state index is -0.372. The molecule has 0 aliphatic carbocycles. The molecular formula is C20H24ClFN2O3. The molecule has 0 bridgehead atoms. The molecule has 0 fully saturated rings. The number of ether oxygens (including phenoxy) is 2. The summed E-state index contributed by atoms with van der Waals surface area (Å²) in [6.45, 7) is 0.897. The Morgan fingerprint density at radius 2 is 1.93 bits per heavy atom. The number of carbonyl (C=O) groups is 1. The smallest absolute Gasteiger partial charge is 0.234 e. The Bertz CT molecular complexity index is 766. The summed E-state index contributed by atoms with van der Waals surface area (Å²) >= 11 is 6.02. The summed E-state index contributed by atoms with van der Waals surface area (Å²) in [5, 5.41) is 3.22. The van der Waals surface area contributed by atoms with Crippen LogP contribution in [0.1, 0.15) is 11.1 Å². The van der Waals surface area contributed by atoms with E-state index in [0.717, 1.165) is 5.56 Å². The van der Waals surface area contributed by atoms with Crippen molar-refractivity contribution in [1.29, 1.82) is 0 Å². The van der Waals surface area contributed by atoms with Gasteiger partial charge in [-0.3, -0.25) is 9.69 Å². The number of halogens is 2. The summed E-state index contributed by atoms with van der Waals surface area (Å²) in [5.74, 6) is 0.815. The van der Waals surface area contributed by atoms with Crippen LogP contribution in [0.2, 0.25) is 5.02 Å². The Hall–Kier alpha value is -2.31. The van der Waals surface area contributed by atoms with Gasteiger partial charge in [0, 0.05) is 23.7 Å². The molecule has 0 unspecified atom stereocenters. The molecule has 2 rings (SSSR count). The van der Waals surface area contributed by atoms with Crippen LogP contribution in [0, 0.1) is 5.82 Å². The van der Waals surface area contributed by atoms with E-state index in [4.69, 9.17) is 21.1 Å². The largest absolute Gasteiger partial charge is 0.493 e. The number of amides is 1. The average Bonchev–Trinajstić information content (AvgIpc) is 2.64. The van der Waals surface area contributed by atoms with Crippen molar-refractivity contribution in [1.82, 2.24) is 10.2 Å². The summed E-state index contributed by atoms with van der Waals surface area (Å²) in [4.78, 5) is 13.8. The molecule has 5 nitrogen and oxygen atoms in total. The lowest BCUT2D eigenvalue weighted by molar-refractivity contribution is -0.122. The Labute approximate surface area is 164 Å². The molecule has 0 spiro atoms. The standard InChI is InChI=1S/C20H24ClFN2O3/c1-24(12-15-16(21)5-4-6-17(15)22)13-20(25)23-10-9-14-7-8-18(26-2)19(11-14)27-3/h4-8,11H,9-10,12-13H2,1-3H3,(H,23,25). The number of nitrogens with zero attached hydrogens (tertiary/aromatic N) is 1. The Balaban J connectivity index is 1.80. The highest BCUT2D eigenvalue weighted by molar-refractivity contribution is 6.31. The normalized spacial score (nSPS) is 10.7. The molecule has 1 amide bonds. The molecule has 0 atom stereocenters. The van der Waals surface area contributed by atoms with E-state index in [0.29, 0.717) is 35.1 Å². The first-order chi connectivity index (χ1) is 12.9. The molecule has 0 heterocycles. The van der Waals surface area contributed by atoms with Gasteiger partial charge in [0.15, 0.2) is 11.5 Å². The lowest BCUT2D eigenvalue weighted by Gasteiger charge is -2.17. The highest BCUT2D eigenvalue weighted by atomic mass is 35.5. The molecule has 146 valence electrons. The van der Waals surface area contributed by atoms with Gasteiger partial charge in [-0.15, -0.1) is 0 Å². The van der Waals surface area contributed by atoms with Gasteiger partial charge in [-0.25, -0.2) is 4.39 Å². The first-order valence-corrected chi connectivity index (χ1v) is 8.91. The molecule has 7 heteroatoms. The van der Waals surface area contributed by atoms with Crippen LogP contribution in [-0.4, -0.2) is 45.2 Å². The van der Waals surface area contributed by atoms with Crippen molar-refractivity contribution >= 4 is 17.5 Å². The van der Waals surface area contributed by atoms with Gasteiger partial charge in [-0.1, -0.05) is 23.7 Å². The number of carbonyl (C=O) groups excluding carboxylic acids is 1. The summed E-state index contributed by atoms with van der Waals surface area (Å²) in [6, 6.07) is 10.2. The molecule has 2 aromatic carbocycles. The van der Waals surface area contributed by atoms with Gasteiger partial charge in [0.05, 0.1) is 20.8 Å². The Kier molecular flexibility index (Phi) is 7.88. The Morgan fingerprint density at radius 3 is 2.59 bits per heavy atom. The summed E-state index contributed by atoms with van der Waals surface area (Å²) < 4.78 is 24.3. The van der Waals surface area contributed by atoms with Crippen molar-refractivity contribution < 1.29 is 18.7 Å². The maximum absolute atomic E-state index is 13.8. The van der Waals surface area contributed by atoms with Crippen LogP contribution >= 0.6 is 11.6 Å². The van der Waals surface area contributed by atoms with Crippen LogP contribution in [-0.2, 0) is 17.8 Å². The second-order valence-corrected chi connectivity index (χ2v) is 6.57. The van der Waals surface area contributed by atoms with Gasteiger partial charge >= 0.3 is 0 Å². The predicted octanol–water partition coefficient (Wildman–Crippen LogP) is 3.29. The van der Waals surface area contributed by atoms with Crippen molar-refractivity contribution in [3.8, 4) is 11.5 Å². The fourth-order valence-electron chi connectivity index (χ4n) is 2.69. The van der Waals surface area contributed by atoms with E-state index in [1.54, 1.807) is 38.3 Å². The number of rotatable bonds is 9. The highest BCUT2D eigenvalue weighted by Gasteiger charge is 2.12. The zero-order valence-corrected chi connectivity index (χ0v) is 16.5. The van der Waals surface area contributed by atoms with E-state index >= 15 is 0 Å². The van der Waals surface area contributed by atoms with Crippen molar-refractivity contribution in [3.63, 3.8) is 0 Å². The molecular weight excluding hydrogens is 371 g/mol. The molecule has 2 aromatic rings. The van der Waals surface area contributed by atoms with Gasteiger partial charge in [-0.2, -0.15) is 0 Å². The van der Waals surface area contributed by atoms with Crippen LogP contribution in [0.15, 0.2) is 36.4 Å². The average molecular weight is 395 g/mol. The molecule has 0 aromatic heterocycles. The third kappa shape index (κ3) is 6.12. The fraction of sp³-hybridized carbons (Fsp3) is 0.350. The summed E-state index contributed by atoms with van der Waals surface area (Å²) in [7, 11) is 4.92. The number of likely N-dealkylation sites (N-methyl/N-ethyl adjacent to an activating group) is 1. The number of hydrogen-bond donors (Lipinski definition) is 1. The van der Waals surface area contributed by atoms with E-state index in [1.807, 2.05) is 18.2 Å². The van der Waals surface area contributed by atoms with Gasteiger partial charge in [0.25, 0.3) is 0 Å². The molecule has 0 aliphatic rings. The monoisotopic (exact) mass is 394 g/mol. The maximum Gasteiger partial charge on any atom is 0.234 e. The molecule has 1 N–H and O–H groups in total.